The molecule has 18 heteroatoms. The number of nitrogens with one attached hydrogen (secondary N) is 1. The fraction of sp³-hybridized carbons (Fsp3) is 0.263. The maximum atomic E-state index is 13.9. The normalized spacial score (nSPS) is 11.6. The Morgan fingerprint density at radius 3 is 1.66 bits per heavy atom. The Hall–Kier alpha value is -5.27. The van der Waals surface area contributed by atoms with Crippen LogP contribution in [-0.2, 0) is 20.2 Å². The van der Waals surface area contributed by atoms with E-state index in [1.54, 1.807) is 26.5 Å². The molecule has 0 aliphatic heterocycles. The van der Waals surface area contributed by atoms with E-state index in [0.717, 1.165) is 0 Å². The molecule has 4 aromatic carbocycles. The molecule has 1 aromatic heterocycles. The number of nitrogens with zero attached hydrogens (tertiary/aromatic N) is 4. The molecule has 56 heavy (non-hydrogen) atoms. The lowest BCUT2D eigenvalue weighted by molar-refractivity contribution is 0.340. The van der Waals surface area contributed by atoms with E-state index in [1.807, 2.05) is 62.4 Å². The van der Waals surface area contributed by atoms with Crippen molar-refractivity contribution in [1.82, 2.24) is 9.55 Å². The van der Waals surface area contributed by atoms with Crippen molar-refractivity contribution in [2.45, 2.75) is 13.8 Å². The van der Waals surface area contributed by atoms with Crippen LogP contribution in [0.25, 0.3) is 33.9 Å². The number of phenols is 1. The van der Waals surface area contributed by atoms with Gasteiger partial charge in [-0.3, -0.25) is 13.7 Å². The number of hydrogen-bond acceptors (Lipinski definition) is 11. The van der Waals surface area contributed by atoms with E-state index in [9.17, 15) is 35.4 Å². The SMILES string of the molecule is CCN(CCS(=O)(=O)O)c1ccc(-c2nc(-c3cc(OC)c(O)c(OC)c3)n(C(=S)Nc3ccc(F)cc3)c2-c2ccc(N(CC)CCS(=O)(=O)O)cc2)cc1. The third-order valence-corrected chi connectivity index (χ3v) is 10.6. The number of halogens is 1. The number of aromatic nitrogens is 2. The van der Waals surface area contributed by atoms with Crippen LogP contribution < -0.4 is 24.6 Å². The van der Waals surface area contributed by atoms with Crippen LogP contribution in [0.4, 0.5) is 21.5 Å². The molecule has 1 heterocycles. The zero-order chi connectivity index (χ0) is 40.8. The van der Waals surface area contributed by atoms with E-state index in [1.165, 1.54) is 38.5 Å². The molecule has 0 unspecified atom stereocenters. The van der Waals surface area contributed by atoms with Gasteiger partial charge in [0, 0.05) is 59.9 Å². The number of phenolic OH excluding ortho intramolecular Hbond substituents is 1. The number of ether oxygens (including phenoxy) is 2. The topological polar surface area (TPSA) is 184 Å². The smallest absolute Gasteiger partial charge is 0.266 e. The maximum absolute atomic E-state index is 13.9. The summed E-state index contributed by atoms with van der Waals surface area (Å²) >= 11 is 6.05. The second kappa shape index (κ2) is 17.7. The highest BCUT2D eigenvalue weighted by Gasteiger charge is 2.26. The van der Waals surface area contributed by atoms with Crippen LogP contribution in [-0.4, -0.2) is 97.6 Å². The first-order valence-corrected chi connectivity index (χ1v) is 20.9. The van der Waals surface area contributed by atoms with Gasteiger partial charge in [-0.25, -0.2) is 9.37 Å². The minimum atomic E-state index is -4.19. The number of hydrogen-bond donors (Lipinski definition) is 4. The average Bonchev–Trinajstić information content (AvgIpc) is 3.57. The fourth-order valence-corrected chi connectivity index (χ4v) is 7.26. The van der Waals surface area contributed by atoms with Gasteiger partial charge >= 0.3 is 0 Å². The van der Waals surface area contributed by atoms with Gasteiger partial charge in [0.25, 0.3) is 20.2 Å². The lowest BCUT2D eigenvalue weighted by Gasteiger charge is -2.23. The van der Waals surface area contributed by atoms with Gasteiger partial charge in [0.15, 0.2) is 16.6 Å². The first kappa shape index (κ1) is 41.9. The van der Waals surface area contributed by atoms with Crippen LogP contribution >= 0.6 is 12.2 Å². The first-order valence-electron chi connectivity index (χ1n) is 17.3. The van der Waals surface area contributed by atoms with E-state index in [-0.39, 0.29) is 35.5 Å². The van der Waals surface area contributed by atoms with Crippen LogP contribution in [0.3, 0.4) is 0 Å². The standard InChI is InChI=1S/C38H42FN5O9S3/c1-5-42(19-21-55(46,47)48)30-15-7-25(8-16-30)34-35(26-9-17-31(18-10-26)43(6-2)20-22-56(49,50)51)44(38(54)40-29-13-11-28(39)12-14-29)37(41-34)27-23-32(52-3)36(45)33(24-27)53-4/h7-18,23-24,45H,5-6,19-22H2,1-4H3,(H,40,54)(H,46,47,48)(H,49,50,51). The predicted octanol–water partition coefficient (Wildman–Crippen LogP) is 6.42. The van der Waals surface area contributed by atoms with E-state index in [0.29, 0.717) is 64.1 Å². The van der Waals surface area contributed by atoms with Crippen molar-refractivity contribution in [2.24, 2.45) is 0 Å². The van der Waals surface area contributed by atoms with Crippen LogP contribution in [0, 0.1) is 5.82 Å². The molecule has 0 fully saturated rings. The second-order valence-corrected chi connectivity index (χ2v) is 16.0. The largest absolute Gasteiger partial charge is 0.502 e. The average molecular weight is 828 g/mol. The lowest BCUT2D eigenvalue weighted by Crippen LogP contribution is -2.28. The monoisotopic (exact) mass is 827 g/mol. The Morgan fingerprint density at radius 1 is 0.768 bits per heavy atom. The van der Waals surface area contributed by atoms with Gasteiger partial charge in [0.2, 0.25) is 5.75 Å². The third kappa shape index (κ3) is 10.1. The van der Waals surface area contributed by atoms with Gasteiger partial charge in [-0.1, -0.05) is 24.3 Å². The van der Waals surface area contributed by atoms with Crippen LogP contribution in [0.5, 0.6) is 17.2 Å². The maximum Gasteiger partial charge on any atom is 0.266 e. The van der Waals surface area contributed by atoms with E-state index < -0.39 is 37.6 Å². The second-order valence-electron chi connectivity index (χ2n) is 12.5. The van der Waals surface area contributed by atoms with Crippen molar-refractivity contribution in [3.05, 3.63) is 90.7 Å². The van der Waals surface area contributed by atoms with Gasteiger partial charge < -0.3 is 29.7 Å². The van der Waals surface area contributed by atoms with Crippen molar-refractivity contribution in [1.29, 1.82) is 0 Å². The Kier molecular flexibility index (Phi) is 13.2. The van der Waals surface area contributed by atoms with Crippen LogP contribution in [0.1, 0.15) is 13.8 Å². The molecule has 14 nitrogen and oxygen atoms in total. The molecule has 0 aliphatic carbocycles. The Balaban J connectivity index is 1.74. The van der Waals surface area contributed by atoms with Gasteiger partial charge in [0.1, 0.15) is 11.6 Å². The number of imidazole rings is 1. The summed E-state index contributed by atoms with van der Waals surface area (Å²) in [5.41, 5.74) is 4.61. The minimum Gasteiger partial charge on any atom is -0.502 e. The summed E-state index contributed by atoms with van der Waals surface area (Å²) < 4.78 is 91.3. The zero-order valence-corrected chi connectivity index (χ0v) is 33.5. The molecular weight excluding hydrogens is 786 g/mol. The number of rotatable bonds is 16. The van der Waals surface area contributed by atoms with E-state index >= 15 is 0 Å². The molecular formula is C38H42FN5O9S3. The summed E-state index contributed by atoms with van der Waals surface area (Å²) in [6.07, 6.45) is 0. The van der Waals surface area contributed by atoms with Crippen molar-refractivity contribution < 1.29 is 44.9 Å². The van der Waals surface area contributed by atoms with Crippen molar-refractivity contribution >= 4 is 54.6 Å². The summed E-state index contributed by atoms with van der Waals surface area (Å²) in [4.78, 5) is 8.74. The molecule has 0 atom stereocenters. The van der Waals surface area contributed by atoms with Crippen molar-refractivity contribution in [2.75, 3.05) is 67.0 Å². The Bertz CT molecular complexity index is 2370. The Labute approximate surface area is 330 Å². The molecule has 0 saturated carbocycles. The molecule has 0 amide bonds. The highest BCUT2D eigenvalue weighted by molar-refractivity contribution is 7.86. The predicted molar refractivity (Wildman–Crippen MR) is 220 cm³/mol. The number of thiocarbonyl (C=S) groups is 1. The first-order chi connectivity index (χ1) is 26.5. The molecule has 0 bridgehead atoms. The van der Waals surface area contributed by atoms with Gasteiger partial charge in [-0.2, -0.15) is 16.8 Å². The molecule has 0 saturated heterocycles. The summed E-state index contributed by atoms with van der Waals surface area (Å²) in [5.74, 6) is -1.02. The van der Waals surface area contributed by atoms with Gasteiger partial charge in [-0.15, -0.1) is 0 Å². The summed E-state index contributed by atoms with van der Waals surface area (Å²) in [6.45, 7) is 4.79. The highest BCUT2D eigenvalue weighted by atomic mass is 32.2. The zero-order valence-electron chi connectivity index (χ0n) is 31.0. The Morgan fingerprint density at radius 2 is 1.23 bits per heavy atom. The quantitative estimate of drug-likeness (QED) is 0.0631. The number of benzene rings is 4. The summed E-state index contributed by atoms with van der Waals surface area (Å²) in [5, 5.41) is 14.1. The molecule has 0 radical (unpaired) electrons. The summed E-state index contributed by atoms with van der Waals surface area (Å²) in [6, 6.07) is 23.4. The van der Waals surface area contributed by atoms with Gasteiger partial charge in [0.05, 0.1) is 37.1 Å². The molecule has 4 N–H and O–H groups in total. The highest BCUT2D eigenvalue weighted by Crippen LogP contribution is 2.43. The van der Waals surface area contributed by atoms with Crippen molar-refractivity contribution in [3.8, 4) is 51.2 Å². The number of methoxy groups -OCH3 is 2. The fourth-order valence-electron chi connectivity index (χ4n) is 6.07. The van der Waals surface area contributed by atoms with E-state index in [2.05, 4.69) is 5.32 Å². The molecule has 5 rings (SSSR count). The summed E-state index contributed by atoms with van der Waals surface area (Å²) in [7, 11) is -5.58. The van der Waals surface area contributed by atoms with Crippen molar-refractivity contribution in [3.63, 3.8) is 0 Å². The molecule has 298 valence electrons. The lowest BCUT2D eigenvalue weighted by atomic mass is 10.0. The molecule has 0 aliphatic rings. The molecule has 0 spiro atoms. The number of anilines is 3. The van der Waals surface area contributed by atoms with Crippen LogP contribution in [0.15, 0.2) is 84.9 Å². The minimum absolute atomic E-state index is 0.0591. The third-order valence-electron chi connectivity index (χ3n) is 8.93. The number of aromatic hydroxyl groups is 1. The molecule has 5 aromatic rings. The van der Waals surface area contributed by atoms with E-state index in [4.69, 9.17) is 26.7 Å². The van der Waals surface area contributed by atoms with Gasteiger partial charge in [-0.05, 0) is 86.7 Å². The van der Waals surface area contributed by atoms with Crippen LogP contribution in [0.2, 0.25) is 0 Å².